The van der Waals surface area contributed by atoms with Gasteiger partial charge in [0.2, 0.25) is 0 Å². The highest BCUT2D eigenvalue weighted by molar-refractivity contribution is 5.80. The van der Waals surface area contributed by atoms with Crippen LogP contribution >= 0.6 is 0 Å². The van der Waals surface area contributed by atoms with Gasteiger partial charge >= 0.3 is 0 Å². The van der Waals surface area contributed by atoms with E-state index in [4.69, 9.17) is 4.74 Å². The van der Waals surface area contributed by atoms with Crippen molar-refractivity contribution in [2.24, 2.45) is 4.99 Å². The zero-order valence-corrected chi connectivity index (χ0v) is 13.8. The Hall–Kier alpha value is -1.75. The minimum absolute atomic E-state index is 0.736. The molecule has 0 saturated heterocycles. The Bertz CT molecular complexity index is 454. The maximum absolute atomic E-state index is 5.79. The van der Waals surface area contributed by atoms with Crippen LogP contribution < -0.4 is 15.4 Å². The van der Waals surface area contributed by atoms with Gasteiger partial charge in [-0.15, -0.1) is 0 Å². The molecule has 2 N–H and O–H groups in total. The van der Waals surface area contributed by atoms with Gasteiger partial charge < -0.3 is 20.3 Å². The number of ether oxygens (including phenoxy) is 1. The minimum atomic E-state index is 0.736. The Kier molecular flexibility index (Phi) is 7.03. The molecule has 0 fully saturated rings. The average molecular weight is 304 g/mol. The standard InChI is InChI=1S/C17H28N4O/c1-3-21(4-2)12-13-22-16-8-6-15(7-9-16)14-20-17-18-10-5-11-19-17/h6-9H,3-5,10-14H2,1-2H3,(H2,18,19,20). The topological polar surface area (TPSA) is 48.9 Å². The first-order chi connectivity index (χ1) is 10.8. The fourth-order valence-electron chi connectivity index (χ4n) is 2.37. The van der Waals surface area contributed by atoms with Crippen molar-refractivity contribution in [3.63, 3.8) is 0 Å². The summed E-state index contributed by atoms with van der Waals surface area (Å²) in [5.41, 5.74) is 1.23. The van der Waals surface area contributed by atoms with Crippen molar-refractivity contribution in [2.45, 2.75) is 26.8 Å². The van der Waals surface area contributed by atoms with Gasteiger partial charge in [0.15, 0.2) is 5.96 Å². The van der Waals surface area contributed by atoms with Crippen molar-refractivity contribution in [2.75, 3.05) is 39.3 Å². The summed E-state index contributed by atoms with van der Waals surface area (Å²) in [6, 6.07) is 8.27. The molecule has 1 aromatic rings. The summed E-state index contributed by atoms with van der Waals surface area (Å²) >= 11 is 0. The molecule has 0 radical (unpaired) electrons. The molecule has 0 spiro atoms. The van der Waals surface area contributed by atoms with E-state index in [2.05, 4.69) is 46.5 Å². The molecule has 0 amide bonds. The van der Waals surface area contributed by atoms with Crippen molar-refractivity contribution < 1.29 is 4.74 Å². The molecule has 2 rings (SSSR count). The van der Waals surface area contributed by atoms with Crippen LogP contribution in [0.1, 0.15) is 25.8 Å². The second kappa shape index (κ2) is 9.30. The summed E-state index contributed by atoms with van der Waals surface area (Å²) < 4.78 is 5.79. The monoisotopic (exact) mass is 304 g/mol. The molecule has 0 atom stereocenters. The number of nitrogens with zero attached hydrogens (tertiary/aromatic N) is 2. The quantitative estimate of drug-likeness (QED) is 0.769. The van der Waals surface area contributed by atoms with E-state index in [9.17, 15) is 0 Å². The lowest BCUT2D eigenvalue weighted by molar-refractivity contribution is 0.223. The number of rotatable bonds is 8. The third kappa shape index (κ3) is 5.56. The second-order valence-electron chi connectivity index (χ2n) is 5.38. The van der Waals surface area contributed by atoms with E-state index >= 15 is 0 Å². The molecule has 0 aromatic heterocycles. The van der Waals surface area contributed by atoms with Crippen LogP contribution in [0.3, 0.4) is 0 Å². The van der Waals surface area contributed by atoms with E-state index in [0.717, 1.165) is 64.0 Å². The first-order valence-electron chi connectivity index (χ1n) is 8.28. The molecule has 122 valence electrons. The van der Waals surface area contributed by atoms with Crippen LogP contribution in [0.5, 0.6) is 5.75 Å². The maximum Gasteiger partial charge on any atom is 0.191 e. The SMILES string of the molecule is CCN(CC)CCOc1ccc(CNC2=NCCCN2)cc1. The minimum Gasteiger partial charge on any atom is -0.492 e. The molecular weight excluding hydrogens is 276 g/mol. The predicted octanol–water partition coefficient (Wildman–Crippen LogP) is 1.85. The Morgan fingerprint density at radius 3 is 2.64 bits per heavy atom. The molecule has 1 aromatic carbocycles. The van der Waals surface area contributed by atoms with E-state index in [1.165, 1.54) is 5.56 Å². The van der Waals surface area contributed by atoms with Crippen molar-refractivity contribution in [3.05, 3.63) is 29.8 Å². The highest BCUT2D eigenvalue weighted by Crippen LogP contribution is 2.12. The zero-order valence-electron chi connectivity index (χ0n) is 13.8. The number of hydrogen-bond donors (Lipinski definition) is 2. The van der Waals surface area contributed by atoms with Gasteiger partial charge in [-0.05, 0) is 37.2 Å². The van der Waals surface area contributed by atoms with Gasteiger partial charge in [-0.25, -0.2) is 0 Å². The maximum atomic E-state index is 5.79. The van der Waals surface area contributed by atoms with Crippen LogP contribution in [-0.4, -0.2) is 50.2 Å². The van der Waals surface area contributed by atoms with E-state index in [1.54, 1.807) is 0 Å². The Balaban J connectivity index is 1.71. The fraction of sp³-hybridized carbons (Fsp3) is 0.588. The van der Waals surface area contributed by atoms with E-state index in [-0.39, 0.29) is 0 Å². The first-order valence-corrected chi connectivity index (χ1v) is 8.28. The molecule has 1 aliphatic heterocycles. The van der Waals surface area contributed by atoms with Crippen molar-refractivity contribution >= 4 is 5.96 Å². The summed E-state index contributed by atoms with van der Waals surface area (Å²) in [4.78, 5) is 6.76. The molecule has 0 unspecified atom stereocenters. The molecule has 0 saturated carbocycles. The number of aliphatic imine (C=N–C) groups is 1. The average Bonchev–Trinajstić information content (AvgIpc) is 2.59. The number of guanidine groups is 1. The van der Waals surface area contributed by atoms with Crippen molar-refractivity contribution in [1.82, 2.24) is 15.5 Å². The predicted molar refractivity (Wildman–Crippen MR) is 91.5 cm³/mol. The van der Waals surface area contributed by atoms with Crippen LogP contribution in [-0.2, 0) is 6.54 Å². The van der Waals surface area contributed by atoms with Gasteiger partial charge in [-0.1, -0.05) is 26.0 Å². The molecule has 22 heavy (non-hydrogen) atoms. The van der Waals surface area contributed by atoms with Gasteiger partial charge in [0.1, 0.15) is 12.4 Å². The lowest BCUT2D eigenvalue weighted by Crippen LogP contribution is -2.40. The summed E-state index contributed by atoms with van der Waals surface area (Å²) in [7, 11) is 0. The summed E-state index contributed by atoms with van der Waals surface area (Å²) in [6.07, 6.45) is 1.12. The Morgan fingerprint density at radius 2 is 2.00 bits per heavy atom. The van der Waals surface area contributed by atoms with Crippen LogP contribution in [0, 0.1) is 0 Å². The molecule has 0 aliphatic carbocycles. The van der Waals surface area contributed by atoms with Crippen LogP contribution in [0.25, 0.3) is 0 Å². The van der Waals surface area contributed by atoms with Crippen LogP contribution in [0.15, 0.2) is 29.3 Å². The molecule has 5 heteroatoms. The highest BCUT2D eigenvalue weighted by atomic mass is 16.5. The summed E-state index contributed by atoms with van der Waals surface area (Å²) in [5.74, 6) is 1.84. The molecular formula is C17H28N4O. The summed E-state index contributed by atoms with van der Waals surface area (Å²) in [5, 5.41) is 6.58. The Labute approximate surface area is 133 Å². The molecule has 1 aliphatic rings. The van der Waals surface area contributed by atoms with E-state index in [1.807, 2.05) is 12.1 Å². The number of benzene rings is 1. The zero-order chi connectivity index (χ0) is 15.6. The third-order valence-corrected chi connectivity index (χ3v) is 3.85. The van der Waals surface area contributed by atoms with Crippen LogP contribution in [0.4, 0.5) is 0 Å². The van der Waals surface area contributed by atoms with Crippen LogP contribution in [0.2, 0.25) is 0 Å². The van der Waals surface area contributed by atoms with Crippen molar-refractivity contribution in [3.8, 4) is 5.75 Å². The molecule has 5 nitrogen and oxygen atoms in total. The molecule has 0 bridgehead atoms. The van der Waals surface area contributed by atoms with E-state index < -0.39 is 0 Å². The first kappa shape index (κ1) is 16.6. The lowest BCUT2D eigenvalue weighted by atomic mass is 10.2. The third-order valence-electron chi connectivity index (χ3n) is 3.85. The van der Waals surface area contributed by atoms with Gasteiger partial charge in [0.05, 0.1) is 0 Å². The number of nitrogens with one attached hydrogen (secondary N) is 2. The Morgan fingerprint density at radius 1 is 1.23 bits per heavy atom. The normalized spacial score (nSPS) is 14.4. The van der Waals surface area contributed by atoms with Gasteiger partial charge in [-0.2, -0.15) is 0 Å². The van der Waals surface area contributed by atoms with Gasteiger partial charge in [0, 0.05) is 26.2 Å². The van der Waals surface area contributed by atoms with Gasteiger partial charge in [-0.3, -0.25) is 4.99 Å². The smallest absolute Gasteiger partial charge is 0.191 e. The van der Waals surface area contributed by atoms with Crippen molar-refractivity contribution in [1.29, 1.82) is 0 Å². The fourth-order valence-corrected chi connectivity index (χ4v) is 2.37. The lowest BCUT2D eigenvalue weighted by Gasteiger charge is -2.18. The summed E-state index contributed by atoms with van der Waals surface area (Å²) in [6.45, 7) is 10.9. The number of hydrogen-bond acceptors (Lipinski definition) is 5. The second-order valence-corrected chi connectivity index (χ2v) is 5.38. The number of likely N-dealkylation sites (N-methyl/N-ethyl adjacent to an activating group) is 1. The van der Waals surface area contributed by atoms with Gasteiger partial charge in [0.25, 0.3) is 0 Å². The highest BCUT2D eigenvalue weighted by Gasteiger charge is 2.03. The largest absolute Gasteiger partial charge is 0.492 e. The van der Waals surface area contributed by atoms with E-state index in [0.29, 0.717) is 0 Å². The molecule has 1 heterocycles.